The summed E-state index contributed by atoms with van der Waals surface area (Å²) in [5.41, 5.74) is 3.41. The number of ether oxygens (including phenoxy) is 2. The van der Waals surface area contributed by atoms with Crippen LogP contribution < -0.4 is 4.31 Å². The Bertz CT molecular complexity index is 1300. The van der Waals surface area contributed by atoms with E-state index in [1.54, 1.807) is 44.2 Å². The minimum atomic E-state index is -4.10. The van der Waals surface area contributed by atoms with E-state index in [0.29, 0.717) is 36.7 Å². The van der Waals surface area contributed by atoms with Crippen molar-refractivity contribution in [2.45, 2.75) is 64.6 Å². The molecule has 0 fully saturated rings. The summed E-state index contributed by atoms with van der Waals surface area (Å²) in [7, 11) is -5.46. The molecule has 0 unspecified atom stereocenters. The van der Waals surface area contributed by atoms with Crippen LogP contribution in [0.1, 0.15) is 29.4 Å². The molecule has 3 aromatic rings. The number of rotatable bonds is 13. The molecule has 0 saturated heterocycles. The maximum absolute atomic E-state index is 14.2. The Morgan fingerprint density at radius 3 is 2.41 bits per heavy atom. The van der Waals surface area contributed by atoms with Gasteiger partial charge in [-0.05, 0) is 49.6 Å². The van der Waals surface area contributed by atoms with Gasteiger partial charge in [-0.3, -0.25) is 0 Å². The molecule has 2 aromatic carbocycles. The van der Waals surface area contributed by atoms with Gasteiger partial charge in [-0.25, -0.2) is 12.7 Å². The normalized spacial score (nSPS) is 12.2. The lowest BCUT2D eigenvalue weighted by molar-refractivity contribution is 0.134. The Hall–Kier alpha value is -2.50. The largest absolute Gasteiger partial charge is 0.392 e. The highest BCUT2D eigenvalue weighted by molar-refractivity contribution is 7.93. The molecule has 8 nitrogen and oxygen atoms in total. The molecule has 0 saturated carbocycles. The second kappa shape index (κ2) is 12.4. The number of anilines is 1. The van der Waals surface area contributed by atoms with Crippen molar-refractivity contribution in [2.24, 2.45) is 0 Å². The van der Waals surface area contributed by atoms with Gasteiger partial charge in [0.2, 0.25) is 0 Å². The molecule has 0 amide bonds. The second-order valence-corrected chi connectivity index (χ2v) is 17.6. The van der Waals surface area contributed by atoms with Gasteiger partial charge in [0, 0.05) is 32.4 Å². The summed E-state index contributed by atoms with van der Waals surface area (Å²) in [6.45, 7) is 13.1. The number of nitrogens with zero attached hydrogens (tertiary/aromatic N) is 2. The number of hydrogen-bond donors (Lipinski definition) is 1. The third-order valence-corrected chi connectivity index (χ3v) is 9.61. The summed E-state index contributed by atoms with van der Waals surface area (Å²) in [6.07, 6.45) is 0. The van der Waals surface area contributed by atoms with Crippen LogP contribution in [0.2, 0.25) is 25.7 Å². The molecule has 0 radical (unpaired) electrons. The molecule has 1 N–H and O–H groups in total. The van der Waals surface area contributed by atoms with E-state index in [1.165, 1.54) is 4.31 Å². The Balaban J connectivity index is 2.09. The fourth-order valence-corrected chi connectivity index (χ4v) is 6.09. The number of sulfonamides is 1. The van der Waals surface area contributed by atoms with E-state index < -0.39 is 18.1 Å². The van der Waals surface area contributed by atoms with Gasteiger partial charge in [-0.15, -0.1) is 0 Å². The second-order valence-electron chi connectivity index (χ2n) is 10.2. The van der Waals surface area contributed by atoms with Crippen molar-refractivity contribution in [3.8, 4) is 11.1 Å². The van der Waals surface area contributed by atoms with Crippen molar-refractivity contribution >= 4 is 23.9 Å². The molecule has 1 aromatic heterocycles. The molecule has 1 heterocycles. The van der Waals surface area contributed by atoms with Crippen molar-refractivity contribution in [3.05, 3.63) is 64.9 Å². The predicted molar refractivity (Wildman–Crippen MR) is 148 cm³/mol. The molecule has 0 atom stereocenters. The predicted octanol–water partition coefficient (Wildman–Crippen LogP) is 5.49. The van der Waals surface area contributed by atoms with Crippen LogP contribution in [0.15, 0.2) is 51.9 Å². The van der Waals surface area contributed by atoms with Gasteiger partial charge < -0.3 is 19.1 Å². The average molecular weight is 547 g/mol. The fraction of sp³-hybridized carbons (Fsp3) is 0.444. The number of aryl methyl sites for hydroxylation is 1. The zero-order chi connectivity index (χ0) is 27.2. The van der Waals surface area contributed by atoms with Gasteiger partial charge in [0.15, 0.2) is 5.82 Å². The van der Waals surface area contributed by atoms with Crippen molar-refractivity contribution in [1.29, 1.82) is 0 Å². The summed E-state index contributed by atoms with van der Waals surface area (Å²) in [6, 6.07) is 13.2. The van der Waals surface area contributed by atoms with Gasteiger partial charge in [-0.1, -0.05) is 61.2 Å². The number of hydrogen-bond acceptors (Lipinski definition) is 7. The Kier molecular flexibility index (Phi) is 9.71. The van der Waals surface area contributed by atoms with E-state index in [2.05, 4.69) is 24.8 Å². The fourth-order valence-electron chi connectivity index (χ4n) is 3.78. The van der Waals surface area contributed by atoms with Crippen LogP contribution in [0.3, 0.4) is 0 Å². The Morgan fingerprint density at radius 2 is 1.78 bits per heavy atom. The lowest BCUT2D eigenvalue weighted by Crippen LogP contribution is -2.35. The highest BCUT2D eigenvalue weighted by Crippen LogP contribution is 2.35. The molecule has 0 bridgehead atoms. The highest BCUT2D eigenvalue weighted by atomic mass is 32.2. The topological polar surface area (TPSA) is 102 Å². The van der Waals surface area contributed by atoms with Gasteiger partial charge in [0.1, 0.15) is 12.5 Å². The first-order chi connectivity index (χ1) is 17.5. The minimum Gasteiger partial charge on any atom is -0.392 e. The van der Waals surface area contributed by atoms with E-state index in [0.717, 1.165) is 22.7 Å². The first-order valence-corrected chi connectivity index (χ1v) is 17.6. The lowest BCUT2D eigenvalue weighted by Gasteiger charge is -2.25. The molecule has 3 rings (SSSR count). The first-order valence-electron chi connectivity index (χ1n) is 12.4. The minimum absolute atomic E-state index is 0.118. The SMILES string of the molecule is CCOCc1cc(CO)ccc1-c1ccccc1S(=O)(=O)N(COCC[Si](C)(C)C)c1noc(C)c1C. The summed E-state index contributed by atoms with van der Waals surface area (Å²) in [5.74, 6) is 0.759. The van der Waals surface area contributed by atoms with Crippen LogP contribution in [0.25, 0.3) is 11.1 Å². The van der Waals surface area contributed by atoms with Crippen LogP contribution in [-0.2, 0) is 32.7 Å². The molecule has 0 spiro atoms. The van der Waals surface area contributed by atoms with Crippen LogP contribution in [0.4, 0.5) is 5.82 Å². The standard InChI is InChI=1S/C27H38N2O6SSi/c1-7-33-18-23-16-22(17-30)12-13-24(23)25-10-8-9-11-26(25)36(31,32)29(19-34-14-15-37(4,5)6)27-20(2)21(3)35-28-27/h8-13,16,30H,7,14-15,17-19H2,1-6H3. The number of aliphatic hydroxyl groups excluding tert-OH is 1. The van der Waals surface area contributed by atoms with E-state index in [9.17, 15) is 13.5 Å². The van der Waals surface area contributed by atoms with Crippen molar-refractivity contribution in [2.75, 3.05) is 24.2 Å². The molecule has 202 valence electrons. The third-order valence-electron chi connectivity index (χ3n) is 6.13. The summed E-state index contributed by atoms with van der Waals surface area (Å²) in [4.78, 5) is 0.123. The van der Waals surface area contributed by atoms with Crippen LogP contribution >= 0.6 is 0 Å². The monoisotopic (exact) mass is 546 g/mol. The molecule has 0 aliphatic rings. The van der Waals surface area contributed by atoms with Gasteiger partial charge in [0.25, 0.3) is 10.0 Å². The summed E-state index contributed by atoms with van der Waals surface area (Å²) in [5, 5.41) is 13.7. The Morgan fingerprint density at radius 1 is 1.05 bits per heavy atom. The van der Waals surface area contributed by atoms with Crippen molar-refractivity contribution in [1.82, 2.24) is 5.16 Å². The smallest absolute Gasteiger partial charge is 0.268 e. The Labute approximate surface area is 221 Å². The van der Waals surface area contributed by atoms with Crippen molar-refractivity contribution < 1.29 is 27.5 Å². The number of aromatic nitrogens is 1. The van der Waals surface area contributed by atoms with E-state index in [-0.39, 0.29) is 24.1 Å². The maximum Gasteiger partial charge on any atom is 0.268 e. The maximum atomic E-state index is 14.2. The average Bonchev–Trinajstić information content (AvgIpc) is 3.19. The lowest BCUT2D eigenvalue weighted by atomic mass is 9.98. The first kappa shape index (κ1) is 29.1. The molecule has 37 heavy (non-hydrogen) atoms. The number of benzene rings is 2. The molecule has 0 aliphatic heterocycles. The number of aliphatic hydroxyl groups is 1. The zero-order valence-electron chi connectivity index (χ0n) is 22.6. The van der Waals surface area contributed by atoms with Crippen LogP contribution in [-0.4, -0.2) is 46.7 Å². The molecule has 0 aliphatic carbocycles. The third kappa shape index (κ3) is 7.08. The molecule has 10 heteroatoms. The zero-order valence-corrected chi connectivity index (χ0v) is 24.4. The van der Waals surface area contributed by atoms with E-state index >= 15 is 0 Å². The van der Waals surface area contributed by atoms with E-state index in [1.807, 2.05) is 19.1 Å². The van der Waals surface area contributed by atoms with E-state index in [4.69, 9.17) is 14.0 Å². The molecular formula is C27H38N2O6SSi. The van der Waals surface area contributed by atoms with Crippen LogP contribution in [0.5, 0.6) is 0 Å². The van der Waals surface area contributed by atoms with Gasteiger partial charge in [-0.2, -0.15) is 0 Å². The van der Waals surface area contributed by atoms with Crippen LogP contribution in [0, 0.1) is 13.8 Å². The van der Waals surface area contributed by atoms with Gasteiger partial charge in [0.05, 0.1) is 18.1 Å². The summed E-state index contributed by atoms with van der Waals surface area (Å²) < 4.78 is 46.5. The molecular weight excluding hydrogens is 508 g/mol. The highest BCUT2D eigenvalue weighted by Gasteiger charge is 2.32. The van der Waals surface area contributed by atoms with Crippen molar-refractivity contribution in [3.63, 3.8) is 0 Å². The van der Waals surface area contributed by atoms with Gasteiger partial charge >= 0.3 is 0 Å². The quantitative estimate of drug-likeness (QED) is 0.172. The summed E-state index contributed by atoms with van der Waals surface area (Å²) >= 11 is 0.